The van der Waals surface area contributed by atoms with Crippen molar-refractivity contribution in [1.29, 1.82) is 0 Å². The molecule has 0 heterocycles. The third-order valence-corrected chi connectivity index (χ3v) is 3.43. The largest absolute Gasteiger partial charge is 0.485 e. The standard InChI is InChI=1S/C14H16Cl2O/c15-11-8-9-13(16)14(10-11)17-12-6-4-2-1-3-5-7-12/h4,6,8-10,12H,1-3,5,7H2/b6-4+. The maximum absolute atomic E-state index is 6.08. The van der Waals surface area contributed by atoms with E-state index in [1.54, 1.807) is 18.2 Å². The Labute approximate surface area is 112 Å². The van der Waals surface area contributed by atoms with Gasteiger partial charge in [-0.25, -0.2) is 0 Å². The Hall–Kier alpha value is -0.660. The number of halogens is 2. The summed E-state index contributed by atoms with van der Waals surface area (Å²) in [5.74, 6) is 0.675. The van der Waals surface area contributed by atoms with Crippen molar-refractivity contribution in [3.05, 3.63) is 40.4 Å². The Morgan fingerprint density at radius 1 is 1.12 bits per heavy atom. The lowest BCUT2D eigenvalue weighted by Crippen LogP contribution is -2.14. The van der Waals surface area contributed by atoms with E-state index in [2.05, 4.69) is 12.2 Å². The molecule has 0 spiro atoms. The summed E-state index contributed by atoms with van der Waals surface area (Å²) in [5, 5.41) is 1.27. The fraction of sp³-hybridized carbons (Fsp3) is 0.429. The molecule has 1 unspecified atom stereocenters. The van der Waals surface area contributed by atoms with E-state index in [-0.39, 0.29) is 6.10 Å². The predicted octanol–water partition coefficient (Wildman–Crippen LogP) is 5.26. The average molecular weight is 271 g/mol. The van der Waals surface area contributed by atoms with Crippen molar-refractivity contribution in [2.24, 2.45) is 0 Å². The van der Waals surface area contributed by atoms with E-state index in [1.807, 2.05) is 0 Å². The minimum atomic E-state index is 0.117. The summed E-state index contributed by atoms with van der Waals surface area (Å²) in [7, 11) is 0. The third kappa shape index (κ3) is 3.93. The minimum Gasteiger partial charge on any atom is -0.485 e. The smallest absolute Gasteiger partial charge is 0.140 e. The minimum absolute atomic E-state index is 0.117. The molecule has 0 saturated heterocycles. The topological polar surface area (TPSA) is 9.23 Å². The second-order valence-corrected chi connectivity index (χ2v) is 5.14. The molecule has 0 fully saturated rings. The molecule has 0 aliphatic heterocycles. The van der Waals surface area contributed by atoms with Gasteiger partial charge in [-0.1, -0.05) is 35.7 Å². The maximum Gasteiger partial charge on any atom is 0.140 e. The summed E-state index contributed by atoms with van der Waals surface area (Å²) in [4.78, 5) is 0. The Kier molecular flexibility index (Phi) is 4.75. The Morgan fingerprint density at radius 2 is 2.00 bits per heavy atom. The molecule has 2 rings (SSSR count). The number of allylic oxidation sites excluding steroid dienone is 1. The number of benzene rings is 1. The van der Waals surface area contributed by atoms with Crippen molar-refractivity contribution in [1.82, 2.24) is 0 Å². The van der Waals surface area contributed by atoms with E-state index >= 15 is 0 Å². The SMILES string of the molecule is Clc1ccc(Cl)c(OC2/C=C/CCCCC2)c1. The van der Waals surface area contributed by atoms with Crippen LogP contribution in [0, 0.1) is 0 Å². The van der Waals surface area contributed by atoms with E-state index in [4.69, 9.17) is 27.9 Å². The van der Waals surface area contributed by atoms with Crippen LogP contribution in [-0.2, 0) is 0 Å². The fourth-order valence-electron chi connectivity index (χ4n) is 1.96. The van der Waals surface area contributed by atoms with Gasteiger partial charge in [-0.3, -0.25) is 0 Å². The summed E-state index contributed by atoms with van der Waals surface area (Å²) < 4.78 is 5.90. The first-order chi connectivity index (χ1) is 8.25. The highest BCUT2D eigenvalue weighted by Crippen LogP contribution is 2.29. The van der Waals surface area contributed by atoms with Crippen LogP contribution in [0.3, 0.4) is 0 Å². The lowest BCUT2D eigenvalue weighted by Gasteiger charge is -2.18. The molecule has 17 heavy (non-hydrogen) atoms. The van der Waals surface area contributed by atoms with Crippen molar-refractivity contribution in [2.45, 2.75) is 38.2 Å². The van der Waals surface area contributed by atoms with Crippen molar-refractivity contribution in [2.75, 3.05) is 0 Å². The van der Waals surface area contributed by atoms with Gasteiger partial charge in [0.15, 0.2) is 0 Å². The zero-order valence-electron chi connectivity index (χ0n) is 9.66. The Bertz CT molecular complexity index is 401. The van der Waals surface area contributed by atoms with Gasteiger partial charge in [0.2, 0.25) is 0 Å². The van der Waals surface area contributed by atoms with Crippen LogP contribution in [0.1, 0.15) is 32.1 Å². The van der Waals surface area contributed by atoms with Gasteiger partial charge in [0.25, 0.3) is 0 Å². The van der Waals surface area contributed by atoms with E-state index in [0.717, 1.165) is 12.8 Å². The maximum atomic E-state index is 6.08. The number of hydrogen-bond donors (Lipinski definition) is 0. The van der Waals surface area contributed by atoms with Crippen LogP contribution in [0.5, 0.6) is 5.75 Å². The number of hydrogen-bond acceptors (Lipinski definition) is 1. The van der Waals surface area contributed by atoms with Gasteiger partial charge in [0.05, 0.1) is 5.02 Å². The first-order valence-corrected chi connectivity index (χ1v) is 6.79. The first kappa shape index (κ1) is 12.8. The van der Waals surface area contributed by atoms with Gasteiger partial charge in [-0.2, -0.15) is 0 Å². The molecule has 1 aliphatic rings. The quantitative estimate of drug-likeness (QED) is 0.666. The monoisotopic (exact) mass is 270 g/mol. The zero-order chi connectivity index (χ0) is 12.1. The van der Waals surface area contributed by atoms with Crippen LogP contribution in [0.4, 0.5) is 0 Å². The van der Waals surface area contributed by atoms with Gasteiger partial charge in [-0.15, -0.1) is 0 Å². The average Bonchev–Trinajstić information content (AvgIpc) is 2.27. The molecule has 92 valence electrons. The van der Waals surface area contributed by atoms with Crippen molar-refractivity contribution >= 4 is 23.2 Å². The van der Waals surface area contributed by atoms with Gasteiger partial charge in [0, 0.05) is 11.1 Å². The van der Waals surface area contributed by atoms with Gasteiger partial charge < -0.3 is 4.74 Å². The van der Waals surface area contributed by atoms with E-state index < -0.39 is 0 Å². The molecule has 1 atom stereocenters. The molecule has 1 aromatic rings. The summed E-state index contributed by atoms with van der Waals surface area (Å²) in [6, 6.07) is 5.31. The third-order valence-electron chi connectivity index (χ3n) is 2.88. The van der Waals surface area contributed by atoms with E-state index in [0.29, 0.717) is 15.8 Å². The van der Waals surface area contributed by atoms with Crippen LogP contribution >= 0.6 is 23.2 Å². The molecule has 1 aliphatic carbocycles. The Balaban J connectivity index is 2.07. The molecule has 0 amide bonds. The molecule has 0 aromatic heterocycles. The molecule has 0 radical (unpaired) electrons. The highest BCUT2D eigenvalue weighted by molar-refractivity contribution is 6.34. The van der Waals surface area contributed by atoms with Crippen LogP contribution in [0.2, 0.25) is 10.0 Å². The second-order valence-electron chi connectivity index (χ2n) is 4.30. The summed E-state index contributed by atoms with van der Waals surface area (Å²) in [6.45, 7) is 0. The lowest BCUT2D eigenvalue weighted by atomic mass is 10.0. The molecule has 0 N–H and O–H groups in total. The van der Waals surface area contributed by atoms with Crippen molar-refractivity contribution < 1.29 is 4.74 Å². The van der Waals surface area contributed by atoms with Crippen LogP contribution in [-0.4, -0.2) is 6.10 Å². The fourth-order valence-corrected chi connectivity index (χ4v) is 2.28. The van der Waals surface area contributed by atoms with E-state index in [9.17, 15) is 0 Å². The highest BCUT2D eigenvalue weighted by atomic mass is 35.5. The second kappa shape index (κ2) is 6.32. The first-order valence-electron chi connectivity index (χ1n) is 6.04. The van der Waals surface area contributed by atoms with Crippen LogP contribution in [0.15, 0.2) is 30.4 Å². The van der Waals surface area contributed by atoms with E-state index in [1.165, 1.54) is 19.3 Å². The van der Waals surface area contributed by atoms with Gasteiger partial charge in [0.1, 0.15) is 11.9 Å². The van der Waals surface area contributed by atoms with Crippen LogP contribution in [0.25, 0.3) is 0 Å². The summed E-state index contributed by atoms with van der Waals surface area (Å²) in [5.41, 5.74) is 0. The summed E-state index contributed by atoms with van der Waals surface area (Å²) >= 11 is 12.0. The summed E-state index contributed by atoms with van der Waals surface area (Å²) in [6.07, 6.45) is 10.4. The normalized spacial score (nSPS) is 22.6. The Morgan fingerprint density at radius 3 is 2.88 bits per heavy atom. The number of rotatable bonds is 2. The molecule has 3 heteroatoms. The van der Waals surface area contributed by atoms with Crippen LogP contribution < -0.4 is 4.74 Å². The molecule has 0 bridgehead atoms. The lowest BCUT2D eigenvalue weighted by molar-refractivity contribution is 0.231. The van der Waals surface area contributed by atoms with Crippen molar-refractivity contribution in [3.63, 3.8) is 0 Å². The van der Waals surface area contributed by atoms with Gasteiger partial charge >= 0.3 is 0 Å². The van der Waals surface area contributed by atoms with Gasteiger partial charge in [-0.05, 0) is 43.9 Å². The molecule has 1 nitrogen and oxygen atoms in total. The molecule has 0 saturated carbocycles. The number of ether oxygens (including phenoxy) is 1. The zero-order valence-corrected chi connectivity index (χ0v) is 11.2. The molecular formula is C14H16Cl2O. The predicted molar refractivity (Wildman–Crippen MR) is 73.1 cm³/mol. The highest BCUT2D eigenvalue weighted by Gasteiger charge is 2.11. The van der Waals surface area contributed by atoms with Crippen molar-refractivity contribution in [3.8, 4) is 5.75 Å². The molecule has 1 aromatic carbocycles. The molecular weight excluding hydrogens is 255 g/mol.